The van der Waals surface area contributed by atoms with Gasteiger partial charge in [0.05, 0.1) is 14.8 Å². The van der Waals surface area contributed by atoms with Crippen LogP contribution in [0.2, 0.25) is 0 Å². The number of nitro benzene ring substituents is 3. The minimum absolute atomic E-state index is 0.0222. The molecule has 3 aromatic carbocycles. The molecule has 0 spiro atoms. The average Bonchev–Trinajstić information content (AvgIpc) is 3.17. The molecular weight excluding hydrogens is 1020 g/mol. The van der Waals surface area contributed by atoms with Crippen molar-refractivity contribution in [3.05, 3.63) is 141 Å². The number of hydrogen-bond acceptors (Lipinski definition) is 13. The Morgan fingerprint density at radius 2 is 1.04 bits per heavy atom. The Balaban J connectivity index is 0. The number of halogens is 4. The first-order valence-corrected chi connectivity index (χ1v) is 23.6. The molecule has 0 aliphatic heterocycles. The number of sulfonamides is 2. The molecule has 0 aliphatic carbocycles. The number of nitrogens with one attached hydrogen (secondary N) is 1. The molecule has 0 amide bonds. The van der Waals surface area contributed by atoms with E-state index in [1.165, 1.54) is 66.7 Å². The first-order valence-electron chi connectivity index (χ1n) is 15.0. The summed E-state index contributed by atoms with van der Waals surface area (Å²) in [5.41, 5.74) is 3.52. The minimum atomic E-state index is -4.05. The van der Waals surface area contributed by atoms with Gasteiger partial charge in [-0.25, -0.2) is 30.0 Å². The van der Waals surface area contributed by atoms with E-state index < -0.39 is 65.8 Å². The zero-order chi connectivity index (χ0) is 43.5. The van der Waals surface area contributed by atoms with Gasteiger partial charge in [-0.2, -0.15) is 4.31 Å². The highest BCUT2D eigenvalue weighted by molar-refractivity contribution is 9.12. The van der Waals surface area contributed by atoms with Crippen LogP contribution < -0.4 is 10.5 Å². The molecular formula is C31H38Br3ClN6O12S3. The topological polar surface area (TPSA) is 273 Å². The molecule has 0 fully saturated rings. The van der Waals surface area contributed by atoms with E-state index in [-0.39, 0.29) is 29.4 Å². The third-order valence-electron chi connectivity index (χ3n) is 5.68. The van der Waals surface area contributed by atoms with Crippen molar-refractivity contribution in [1.82, 2.24) is 9.03 Å². The second-order valence-corrected chi connectivity index (χ2v) is 18.1. The summed E-state index contributed by atoms with van der Waals surface area (Å²) in [6.45, 7) is 11.1. The molecule has 3 N–H and O–H groups in total. The summed E-state index contributed by atoms with van der Waals surface area (Å²) in [7, 11) is -6.84. The lowest BCUT2D eigenvalue weighted by Gasteiger charge is -2.19. The fourth-order valence-electron chi connectivity index (χ4n) is 3.41. The third kappa shape index (κ3) is 20.1. The standard InChI is InChI=1S/C11H13BrN2O4S.C9H10N2O4S.C6H4ClNO4S.C3H7N.C2H4Br2/c1-2-8-13(9-7-12)19(17,18)11-6-4-3-5-10(11)14(15)16;1-2-7-10-16(14,15)9-6-4-3-5-8(9)11(12)13;7-13(11,12)6-4-2-1-3-5(6)8(9)10;1-2-3-4;3-1-2-4/h2-6H,1,7-9H2;2-6,10H,1,7H2;1-4H;2H,1,3-4H2;1-2H2. The van der Waals surface area contributed by atoms with Gasteiger partial charge in [0.15, 0.2) is 14.7 Å². The maximum atomic E-state index is 12.4. The highest BCUT2D eigenvalue weighted by Crippen LogP contribution is 2.27. The maximum Gasteiger partial charge on any atom is 0.289 e. The van der Waals surface area contributed by atoms with Gasteiger partial charge in [-0.3, -0.25) is 30.3 Å². The van der Waals surface area contributed by atoms with Gasteiger partial charge < -0.3 is 5.73 Å². The van der Waals surface area contributed by atoms with Crippen LogP contribution in [0, 0.1) is 30.3 Å². The van der Waals surface area contributed by atoms with E-state index in [9.17, 15) is 55.6 Å². The Morgan fingerprint density at radius 1 is 0.661 bits per heavy atom. The van der Waals surface area contributed by atoms with Gasteiger partial charge in [0.2, 0.25) is 20.0 Å². The lowest BCUT2D eigenvalue weighted by molar-refractivity contribution is -0.388. The predicted octanol–water partition coefficient (Wildman–Crippen LogP) is 6.66. The average molecular weight is 1060 g/mol. The lowest BCUT2D eigenvalue weighted by atomic mass is 10.3. The molecule has 56 heavy (non-hydrogen) atoms. The summed E-state index contributed by atoms with van der Waals surface area (Å²) in [5, 5.41) is 34.4. The number of alkyl halides is 3. The molecule has 0 radical (unpaired) electrons. The van der Waals surface area contributed by atoms with Crippen molar-refractivity contribution in [1.29, 1.82) is 0 Å². The summed E-state index contributed by atoms with van der Waals surface area (Å²) in [5.74, 6) is 0. The zero-order valence-electron chi connectivity index (χ0n) is 29.2. The Bertz CT molecular complexity index is 2100. The van der Waals surface area contributed by atoms with Gasteiger partial charge in [0, 0.05) is 71.1 Å². The quantitative estimate of drug-likeness (QED) is 0.0500. The molecule has 0 aliphatic rings. The van der Waals surface area contributed by atoms with Crippen LogP contribution in [0.15, 0.2) is 125 Å². The van der Waals surface area contributed by atoms with Gasteiger partial charge in [-0.05, 0) is 18.2 Å². The van der Waals surface area contributed by atoms with E-state index in [1.807, 2.05) is 0 Å². The monoisotopic (exact) mass is 1050 g/mol. The second-order valence-electron chi connectivity index (χ2n) is 9.50. The SMILES string of the molecule is BrCCBr.C=CCN.C=CCN(CCBr)S(=O)(=O)c1ccccc1[N+](=O)[O-].C=CCNS(=O)(=O)c1ccccc1[N+](=O)[O-].O=[N+]([O-])c1ccccc1S(=O)(=O)Cl. The van der Waals surface area contributed by atoms with E-state index in [1.54, 1.807) is 6.08 Å². The van der Waals surface area contributed by atoms with Crippen LogP contribution >= 0.6 is 58.5 Å². The van der Waals surface area contributed by atoms with E-state index in [2.05, 4.69) is 72.2 Å². The first kappa shape index (κ1) is 54.6. The molecule has 0 saturated carbocycles. The highest BCUT2D eigenvalue weighted by Gasteiger charge is 2.30. The Kier molecular flexibility index (Phi) is 28.2. The van der Waals surface area contributed by atoms with Crippen molar-refractivity contribution < 1.29 is 40.0 Å². The largest absolute Gasteiger partial charge is 0.327 e. The van der Waals surface area contributed by atoms with Gasteiger partial charge in [-0.15, -0.1) is 19.7 Å². The van der Waals surface area contributed by atoms with E-state index in [0.29, 0.717) is 11.9 Å². The summed E-state index contributed by atoms with van der Waals surface area (Å²) >= 11 is 9.56. The third-order valence-corrected chi connectivity index (χ3v) is 12.6. The number of nitrogens with zero attached hydrogens (tertiary/aromatic N) is 4. The number of benzene rings is 3. The predicted molar refractivity (Wildman–Crippen MR) is 227 cm³/mol. The number of rotatable bonds is 16. The van der Waals surface area contributed by atoms with Crippen LogP contribution in [0.1, 0.15) is 0 Å². The Morgan fingerprint density at radius 3 is 1.36 bits per heavy atom. The number of hydrogen-bond donors (Lipinski definition) is 2. The maximum absolute atomic E-state index is 12.4. The second kappa shape index (κ2) is 28.9. The van der Waals surface area contributed by atoms with E-state index in [0.717, 1.165) is 33.2 Å². The molecule has 0 saturated heterocycles. The van der Waals surface area contributed by atoms with Crippen molar-refractivity contribution in [3.8, 4) is 0 Å². The Hall–Kier alpha value is -3.46. The van der Waals surface area contributed by atoms with Crippen LogP contribution in [0.5, 0.6) is 0 Å². The summed E-state index contributed by atoms with van der Waals surface area (Å²) in [6.07, 6.45) is 4.45. The Labute approximate surface area is 354 Å². The molecule has 310 valence electrons. The molecule has 0 aromatic heterocycles. The number of nitrogens with two attached hydrogens (primary N) is 1. The van der Waals surface area contributed by atoms with Gasteiger partial charge in [0.1, 0.15) is 0 Å². The van der Waals surface area contributed by atoms with Crippen LogP contribution in [0.4, 0.5) is 17.1 Å². The molecule has 0 unspecified atom stereocenters. The van der Waals surface area contributed by atoms with Crippen molar-refractivity contribution >= 4 is 105 Å². The van der Waals surface area contributed by atoms with Crippen molar-refractivity contribution in [2.45, 2.75) is 14.7 Å². The molecule has 25 heteroatoms. The smallest absolute Gasteiger partial charge is 0.289 e. The van der Waals surface area contributed by atoms with Crippen LogP contribution in [0.25, 0.3) is 0 Å². The van der Waals surface area contributed by atoms with Crippen LogP contribution in [-0.2, 0) is 29.1 Å². The van der Waals surface area contributed by atoms with E-state index in [4.69, 9.17) is 16.4 Å². The summed E-state index contributed by atoms with van der Waals surface area (Å²) < 4.78 is 73.0. The van der Waals surface area contributed by atoms with Gasteiger partial charge >= 0.3 is 0 Å². The van der Waals surface area contributed by atoms with Crippen molar-refractivity contribution in [2.24, 2.45) is 5.73 Å². The fourth-order valence-corrected chi connectivity index (χ4v) is 7.83. The fraction of sp³-hybridized carbons (Fsp3) is 0.226. The summed E-state index contributed by atoms with van der Waals surface area (Å²) in [6, 6.07) is 15.3. The van der Waals surface area contributed by atoms with Crippen molar-refractivity contribution in [3.63, 3.8) is 0 Å². The number of nitro groups is 3. The zero-order valence-corrected chi connectivity index (χ0v) is 37.2. The lowest BCUT2D eigenvalue weighted by Crippen LogP contribution is -2.33. The first-order chi connectivity index (χ1) is 26.2. The molecule has 0 bridgehead atoms. The molecule has 3 aromatic rings. The van der Waals surface area contributed by atoms with Gasteiger partial charge in [-0.1, -0.05) is 102 Å². The normalized spacial score (nSPS) is 10.6. The molecule has 18 nitrogen and oxygen atoms in total. The van der Waals surface area contributed by atoms with Gasteiger partial charge in [0.25, 0.3) is 26.1 Å². The number of para-hydroxylation sites is 3. The molecule has 0 heterocycles. The van der Waals surface area contributed by atoms with Crippen LogP contribution in [0.3, 0.4) is 0 Å². The van der Waals surface area contributed by atoms with Crippen LogP contribution in [-0.4, -0.2) is 86.5 Å². The molecule has 0 atom stereocenters. The highest BCUT2D eigenvalue weighted by atomic mass is 79.9. The summed E-state index contributed by atoms with van der Waals surface area (Å²) in [4.78, 5) is 28.5. The van der Waals surface area contributed by atoms with Crippen molar-refractivity contribution in [2.75, 3.05) is 42.2 Å². The minimum Gasteiger partial charge on any atom is -0.327 e. The molecule has 3 rings (SSSR count). The van der Waals surface area contributed by atoms with E-state index >= 15 is 0 Å².